The number of carbonyl (C=O) groups is 1. The van der Waals surface area contributed by atoms with Crippen molar-refractivity contribution in [1.29, 1.82) is 0 Å². The Morgan fingerprint density at radius 3 is 2.79 bits per heavy atom. The van der Waals surface area contributed by atoms with Crippen molar-refractivity contribution in [3.8, 4) is 0 Å². The van der Waals surface area contributed by atoms with Crippen molar-refractivity contribution < 1.29 is 14.6 Å². The van der Waals surface area contributed by atoms with E-state index in [1.165, 1.54) is 0 Å². The molecule has 1 aromatic rings. The van der Waals surface area contributed by atoms with Crippen LogP contribution < -0.4 is 10.6 Å². The molecule has 0 saturated carbocycles. The highest BCUT2D eigenvalue weighted by molar-refractivity contribution is 5.96. The van der Waals surface area contributed by atoms with Gasteiger partial charge in [-0.15, -0.1) is 0 Å². The number of aliphatic hydroxyl groups is 1. The molecule has 19 heavy (non-hydrogen) atoms. The smallest absolute Gasteiger partial charge is 0.340 e. The molecule has 1 saturated heterocycles. The largest absolute Gasteiger partial charge is 0.462 e. The fraction of sp³-hybridized carbons (Fsp3) is 0.500. The van der Waals surface area contributed by atoms with E-state index in [1.807, 2.05) is 6.07 Å². The summed E-state index contributed by atoms with van der Waals surface area (Å²) in [6, 6.07) is 5.40. The summed E-state index contributed by atoms with van der Waals surface area (Å²) in [7, 11) is 0. The second kappa shape index (κ2) is 5.93. The molecule has 0 spiro atoms. The predicted octanol–water partition coefficient (Wildman–Crippen LogP) is 1.41. The molecule has 1 fully saturated rings. The number of hydrogen-bond donors (Lipinski definition) is 2. The number of esters is 1. The van der Waals surface area contributed by atoms with Crippen LogP contribution in [0.25, 0.3) is 0 Å². The first kappa shape index (κ1) is 13.7. The maximum atomic E-state index is 11.8. The number of nitrogens with two attached hydrogens (primary N) is 1. The number of benzene rings is 1. The second-order valence-electron chi connectivity index (χ2n) is 4.71. The van der Waals surface area contributed by atoms with Gasteiger partial charge in [0.15, 0.2) is 0 Å². The van der Waals surface area contributed by atoms with E-state index < -0.39 is 0 Å². The van der Waals surface area contributed by atoms with Crippen LogP contribution in [0.5, 0.6) is 0 Å². The van der Waals surface area contributed by atoms with E-state index >= 15 is 0 Å². The monoisotopic (exact) mass is 264 g/mol. The zero-order chi connectivity index (χ0) is 13.8. The molecule has 1 heterocycles. The number of ether oxygens (including phenoxy) is 1. The van der Waals surface area contributed by atoms with Gasteiger partial charge in [0.1, 0.15) is 0 Å². The molecule has 104 valence electrons. The minimum Gasteiger partial charge on any atom is -0.462 e. The number of aliphatic hydroxyl groups excluding tert-OH is 1. The first-order valence-corrected chi connectivity index (χ1v) is 6.61. The van der Waals surface area contributed by atoms with E-state index in [4.69, 9.17) is 10.5 Å². The van der Waals surface area contributed by atoms with Gasteiger partial charge in [0.05, 0.1) is 18.3 Å². The topological polar surface area (TPSA) is 75.8 Å². The first-order chi connectivity index (χ1) is 9.11. The molecule has 5 heteroatoms. The number of nitrogens with zero attached hydrogens (tertiary/aromatic N) is 1. The molecule has 0 amide bonds. The van der Waals surface area contributed by atoms with Gasteiger partial charge in [0.2, 0.25) is 0 Å². The zero-order valence-corrected chi connectivity index (χ0v) is 11.1. The molecule has 0 radical (unpaired) electrons. The molecule has 0 aromatic heterocycles. The van der Waals surface area contributed by atoms with E-state index in [0.717, 1.165) is 31.6 Å². The van der Waals surface area contributed by atoms with Gasteiger partial charge in [-0.3, -0.25) is 0 Å². The quantitative estimate of drug-likeness (QED) is 0.637. The molecule has 0 bridgehead atoms. The van der Waals surface area contributed by atoms with Crippen LogP contribution in [0, 0.1) is 0 Å². The Labute approximate surface area is 113 Å². The van der Waals surface area contributed by atoms with Crippen molar-refractivity contribution in [3.63, 3.8) is 0 Å². The Morgan fingerprint density at radius 1 is 1.47 bits per heavy atom. The Bertz CT molecular complexity index is 454. The SMILES string of the molecule is CCOC(=O)c1cc(N2CCC(O)CC2)ccc1N. The van der Waals surface area contributed by atoms with Crippen LogP contribution in [0.3, 0.4) is 0 Å². The van der Waals surface area contributed by atoms with Crippen LogP contribution in [0.15, 0.2) is 18.2 Å². The molecule has 1 aromatic carbocycles. The average Bonchev–Trinajstić information content (AvgIpc) is 2.40. The lowest BCUT2D eigenvalue weighted by Gasteiger charge is -2.31. The molecule has 0 atom stereocenters. The Balaban J connectivity index is 2.18. The van der Waals surface area contributed by atoms with Gasteiger partial charge in [0.25, 0.3) is 0 Å². The van der Waals surface area contributed by atoms with E-state index in [2.05, 4.69) is 4.90 Å². The third kappa shape index (κ3) is 3.17. The summed E-state index contributed by atoms with van der Waals surface area (Å²) in [5.74, 6) is -0.390. The fourth-order valence-electron chi connectivity index (χ4n) is 2.25. The maximum Gasteiger partial charge on any atom is 0.340 e. The van der Waals surface area contributed by atoms with Gasteiger partial charge in [-0.1, -0.05) is 0 Å². The normalized spacial score (nSPS) is 16.4. The lowest BCUT2D eigenvalue weighted by atomic mass is 10.1. The summed E-state index contributed by atoms with van der Waals surface area (Å²) >= 11 is 0. The highest BCUT2D eigenvalue weighted by Crippen LogP contribution is 2.25. The summed E-state index contributed by atoms with van der Waals surface area (Å²) in [5.41, 5.74) is 7.60. The van der Waals surface area contributed by atoms with Crippen molar-refractivity contribution in [2.24, 2.45) is 0 Å². The lowest BCUT2D eigenvalue weighted by Crippen LogP contribution is -2.35. The second-order valence-corrected chi connectivity index (χ2v) is 4.71. The Hall–Kier alpha value is -1.75. The van der Waals surface area contributed by atoms with Crippen molar-refractivity contribution in [3.05, 3.63) is 23.8 Å². The summed E-state index contributed by atoms with van der Waals surface area (Å²) in [6.07, 6.45) is 1.28. The summed E-state index contributed by atoms with van der Waals surface area (Å²) in [5, 5.41) is 9.51. The van der Waals surface area contributed by atoms with Crippen LogP contribution in [0.1, 0.15) is 30.1 Å². The zero-order valence-electron chi connectivity index (χ0n) is 11.1. The summed E-state index contributed by atoms with van der Waals surface area (Å²) in [4.78, 5) is 13.9. The molecule has 1 aliphatic rings. The molecular weight excluding hydrogens is 244 g/mol. The van der Waals surface area contributed by atoms with Crippen molar-refractivity contribution in [2.75, 3.05) is 30.3 Å². The molecule has 0 aliphatic carbocycles. The van der Waals surface area contributed by atoms with Gasteiger partial charge in [-0.2, -0.15) is 0 Å². The minimum atomic E-state index is -0.390. The number of hydrogen-bond acceptors (Lipinski definition) is 5. The average molecular weight is 264 g/mol. The fourth-order valence-corrected chi connectivity index (χ4v) is 2.25. The van der Waals surface area contributed by atoms with Gasteiger partial charge in [-0.25, -0.2) is 4.79 Å². The summed E-state index contributed by atoms with van der Waals surface area (Å²) < 4.78 is 4.99. The Morgan fingerprint density at radius 2 is 2.16 bits per heavy atom. The molecule has 3 N–H and O–H groups in total. The van der Waals surface area contributed by atoms with Crippen LogP contribution in [0.4, 0.5) is 11.4 Å². The number of nitrogen functional groups attached to an aromatic ring is 1. The number of piperidine rings is 1. The van der Waals surface area contributed by atoms with E-state index in [0.29, 0.717) is 17.9 Å². The van der Waals surface area contributed by atoms with Crippen molar-refractivity contribution >= 4 is 17.3 Å². The first-order valence-electron chi connectivity index (χ1n) is 6.61. The van der Waals surface area contributed by atoms with E-state index in [-0.39, 0.29) is 12.1 Å². The molecule has 1 aliphatic heterocycles. The molecular formula is C14H20N2O3. The third-order valence-corrected chi connectivity index (χ3v) is 3.36. The number of rotatable bonds is 3. The minimum absolute atomic E-state index is 0.213. The molecule has 0 unspecified atom stereocenters. The highest BCUT2D eigenvalue weighted by Gasteiger charge is 2.19. The molecule has 2 rings (SSSR count). The van der Waals surface area contributed by atoms with E-state index in [1.54, 1.807) is 19.1 Å². The lowest BCUT2D eigenvalue weighted by molar-refractivity contribution is 0.0527. The van der Waals surface area contributed by atoms with Crippen molar-refractivity contribution in [1.82, 2.24) is 0 Å². The Kier molecular flexibility index (Phi) is 4.27. The predicted molar refractivity (Wildman–Crippen MR) is 74.3 cm³/mol. The van der Waals surface area contributed by atoms with Gasteiger partial charge >= 0.3 is 5.97 Å². The van der Waals surface area contributed by atoms with Crippen LogP contribution in [-0.2, 0) is 4.74 Å². The van der Waals surface area contributed by atoms with Crippen LogP contribution >= 0.6 is 0 Å². The standard InChI is InChI=1S/C14H20N2O3/c1-2-19-14(18)12-9-10(3-4-13(12)15)16-7-5-11(17)6-8-16/h3-4,9,11,17H,2,5-8,15H2,1H3. The van der Waals surface area contributed by atoms with Gasteiger partial charge in [-0.05, 0) is 38.0 Å². The van der Waals surface area contributed by atoms with Crippen LogP contribution in [0.2, 0.25) is 0 Å². The van der Waals surface area contributed by atoms with Crippen molar-refractivity contribution in [2.45, 2.75) is 25.9 Å². The third-order valence-electron chi connectivity index (χ3n) is 3.36. The maximum absolute atomic E-state index is 11.8. The van der Waals surface area contributed by atoms with Crippen LogP contribution in [-0.4, -0.2) is 36.9 Å². The summed E-state index contributed by atoms with van der Waals surface area (Å²) in [6.45, 7) is 3.67. The van der Waals surface area contributed by atoms with Gasteiger partial charge < -0.3 is 20.5 Å². The van der Waals surface area contributed by atoms with E-state index in [9.17, 15) is 9.90 Å². The van der Waals surface area contributed by atoms with Gasteiger partial charge in [0, 0.05) is 24.5 Å². The molecule has 5 nitrogen and oxygen atoms in total. The highest BCUT2D eigenvalue weighted by atomic mass is 16.5. The number of anilines is 2. The number of carbonyl (C=O) groups excluding carboxylic acids is 1.